The summed E-state index contributed by atoms with van der Waals surface area (Å²) in [7, 11) is 2.00. The largest absolute Gasteiger partial charge is 0.381 e. The molecule has 0 saturated carbocycles. The molecule has 1 aliphatic rings. The zero-order valence-electron chi connectivity index (χ0n) is 12.2. The SMILES string of the molecule is CCCc1nn(C)c2c1[nH]c(=S)n2CC1CCCOC1. The van der Waals surface area contributed by atoms with Crippen LogP contribution in [0.1, 0.15) is 31.9 Å². The summed E-state index contributed by atoms with van der Waals surface area (Å²) in [5, 5.41) is 4.62. The van der Waals surface area contributed by atoms with Gasteiger partial charge in [0.25, 0.3) is 0 Å². The summed E-state index contributed by atoms with van der Waals surface area (Å²) in [6.45, 7) is 4.83. The molecule has 0 radical (unpaired) electrons. The molecule has 1 fully saturated rings. The van der Waals surface area contributed by atoms with Crippen LogP contribution in [0.15, 0.2) is 0 Å². The second kappa shape index (κ2) is 5.69. The van der Waals surface area contributed by atoms with Gasteiger partial charge in [-0.25, -0.2) is 0 Å². The summed E-state index contributed by atoms with van der Waals surface area (Å²) in [6, 6.07) is 0. The fraction of sp³-hybridized carbons (Fsp3) is 0.714. The summed E-state index contributed by atoms with van der Waals surface area (Å²) < 4.78 is 10.5. The Hall–Kier alpha value is -1.14. The van der Waals surface area contributed by atoms with Crippen molar-refractivity contribution in [3.8, 4) is 0 Å². The predicted molar refractivity (Wildman–Crippen MR) is 81.4 cm³/mol. The second-order valence-electron chi connectivity index (χ2n) is 5.64. The van der Waals surface area contributed by atoms with E-state index < -0.39 is 0 Å². The van der Waals surface area contributed by atoms with E-state index in [-0.39, 0.29) is 0 Å². The van der Waals surface area contributed by atoms with E-state index in [1.807, 2.05) is 11.7 Å². The number of aryl methyl sites for hydroxylation is 2. The summed E-state index contributed by atoms with van der Waals surface area (Å²) in [5.41, 5.74) is 3.34. The lowest BCUT2D eigenvalue weighted by molar-refractivity contribution is 0.0485. The van der Waals surface area contributed by atoms with E-state index in [1.54, 1.807) is 0 Å². The van der Waals surface area contributed by atoms with E-state index in [1.165, 1.54) is 6.42 Å². The molecule has 0 bridgehead atoms. The van der Waals surface area contributed by atoms with Crippen molar-refractivity contribution >= 4 is 23.4 Å². The minimum atomic E-state index is 0.555. The van der Waals surface area contributed by atoms with E-state index in [4.69, 9.17) is 17.0 Å². The van der Waals surface area contributed by atoms with Gasteiger partial charge in [0.05, 0.1) is 12.3 Å². The number of nitrogens with zero attached hydrogens (tertiary/aromatic N) is 3. The van der Waals surface area contributed by atoms with Gasteiger partial charge in [-0.2, -0.15) is 5.10 Å². The average Bonchev–Trinajstić information content (AvgIpc) is 2.91. The van der Waals surface area contributed by atoms with Crippen LogP contribution in [0, 0.1) is 10.7 Å². The smallest absolute Gasteiger partial charge is 0.179 e. The van der Waals surface area contributed by atoms with Gasteiger partial charge in [0.1, 0.15) is 5.52 Å². The normalized spacial score (nSPS) is 19.8. The van der Waals surface area contributed by atoms with Crippen LogP contribution in [0.3, 0.4) is 0 Å². The lowest BCUT2D eigenvalue weighted by Gasteiger charge is -2.22. The Morgan fingerprint density at radius 1 is 1.50 bits per heavy atom. The molecule has 110 valence electrons. The highest BCUT2D eigenvalue weighted by Crippen LogP contribution is 2.22. The van der Waals surface area contributed by atoms with Crippen LogP contribution in [0.2, 0.25) is 0 Å². The molecule has 0 aromatic carbocycles. The molecular formula is C14H22N4OS. The maximum atomic E-state index is 5.58. The number of aromatic amines is 1. The standard InChI is InChI=1S/C14H22N4OS/c1-3-5-11-12-13(17(2)16-11)18(14(20)15-12)8-10-6-4-7-19-9-10/h10H,3-9H2,1-2H3,(H,15,20). The molecule has 3 rings (SSSR count). The van der Waals surface area contributed by atoms with Gasteiger partial charge in [-0.1, -0.05) is 13.3 Å². The van der Waals surface area contributed by atoms with Gasteiger partial charge in [-0.05, 0) is 31.5 Å². The lowest BCUT2D eigenvalue weighted by atomic mass is 10.0. The Bertz CT molecular complexity index is 648. The number of ether oxygens (including phenoxy) is 1. The van der Waals surface area contributed by atoms with Crippen LogP contribution in [-0.2, 0) is 24.8 Å². The first-order chi connectivity index (χ1) is 9.70. The Balaban J connectivity index is 1.97. The molecular weight excluding hydrogens is 272 g/mol. The molecule has 1 N–H and O–H groups in total. The summed E-state index contributed by atoms with van der Waals surface area (Å²) in [4.78, 5) is 3.34. The van der Waals surface area contributed by atoms with Gasteiger partial charge in [-0.3, -0.25) is 4.68 Å². The number of hydrogen-bond acceptors (Lipinski definition) is 3. The Labute approximate surface area is 123 Å². The maximum Gasteiger partial charge on any atom is 0.179 e. The molecule has 1 atom stereocenters. The maximum absolute atomic E-state index is 5.58. The quantitative estimate of drug-likeness (QED) is 0.882. The van der Waals surface area contributed by atoms with Crippen LogP contribution < -0.4 is 0 Å². The summed E-state index contributed by atoms with van der Waals surface area (Å²) in [5.74, 6) is 0.555. The zero-order chi connectivity index (χ0) is 14.1. The molecule has 3 heterocycles. The third-order valence-corrected chi connectivity index (χ3v) is 4.33. The fourth-order valence-corrected chi connectivity index (χ4v) is 3.33. The van der Waals surface area contributed by atoms with Crippen LogP contribution in [0.5, 0.6) is 0 Å². The van der Waals surface area contributed by atoms with Crippen LogP contribution >= 0.6 is 12.2 Å². The van der Waals surface area contributed by atoms with E-state index in [2.05, 4.69) is 21.6 Å². The van der Waals surface area contributed by atoms with E-state index in [0.29, 0.717) is 5.92 Å². The van der Waals surface area contributed by atoms with Crippen LogP contribution in [-0.4, -0.2) is 32.5 Å². The van der Waals surface area contributed by atoms with Crippen LogP contribution in [0.25, 0.3) is 11.2 Å². The molecule has 1 aliphatic heterocycles. The molecule has 6 heteroatoms. The molecule has 5 nitrogen and oxygen atoms in total. The summed E-state index contributed by atoms with van der Waals surface area (Å²) in [6.07, 6.45) is 4.44. The van der Waals surface area contributed by atoms with Gasteiger partial charge in [0, 0.05) is 26.1 Å². The fourth-order valence-electron chi connectivity index (χ4n) is 3.07. The molecule has 0 spiro atoms. The van der Waals surface area contributed by atoms with Crippen molar-refractivity contribution in [3.63, 3.8) is 0 Å². The molecule has 1 saturated heterocycles. The molecule has 20 heavy (non-hydrogen) atoms. The Morgan fingerprint density at radius 2 is 2.35 bits per heavy atom. The highest BCUT2D eigenvalue weighted by atomic mass is 32.1. The summed E-state index contributed by atoms with van der Waals surface area (Å²) >= 11 is 5.50. The van der Waals surface area contributed by atoms with Crippen molar-refractivity contribution in [2.45, 2.75) is 39.2 Å². The molecule has 2 aromatic rings. The first-order valence-electron chi connectivity index (χ1n) is 7.42. The van der Waals surface area contributed by atoms with Crippen molar-refractivity contribution < 1.29 is 4.74 Å². The topological polar surface area (TPSA) is 47.8 Å². The number of imidazole rings is 1. The highest BCUT2D eigenvalue weighted by Gasteiger charge is 2.19. The Kier molecular flexibility index (Phi) is 3.94. The highest BCUT2D eigenvalue weighted by molar-refractivity contribution is 7.71. The number of aromatic nitrogens is 4. The van der Waals surface area contributed by atoms with Crippen LogP contribution in [0.4, 0.5) is 0 Å². The van der Waals surface area contributed by atoms with Crippen molar-refractivity contribution in [3.05, 3.63) is 10.5 Å². The number of hydrogen-bond donors (Lipinski definition) is 1. The number of fused-ring (bicyclic) bond motifs is 1. The molecule has 2 aromatic heterocycles. The van der Waals surface area contributed by atoms with Gasteiger partial charge >= 0.3 is 0 Å². The first kappa shape index (κ1) is 13.8. The monoisotopic (exact) mass is 294 g/mol. The minimum Gasteiger partial charge on any atom is -0.381 e. The lowest BCUT2D eigenvalue weighted by Crippen LogP contribution is -2.22. The Morgan fingerprint density at radius 3 is 3.05 bits per heavy atom. The molecule has 1 unspecified atom stereocenters. The van der Waals surface area contributed by atoms with Gasteiger partial charge < -0.3 is 14.3 Å². The van der Waals surface area contributed by atoms with E-state index in [0.717, 1.165) is 60.6 Å². The number of H-pyrrole nitrogens is 1. The average molecular weight is 294 g/mol. The third kappa shape index (κ3) is 2.42. The van der Waals surface area contributed by atoms with Gasteiger partial charge in [0.15, 0.2) is 10.4 Å². The van der Waals surface area contributed by atoms with E-state index >= 15 is 0 Å². The number of nitrogens with one attached hydrogen (secondary N) is 1. The van der Waals surface area contributed by atoms with Crippen molar-refractivity contribution in [1.82, 2.24) is 19.3 Å². The second-order valence-corrected chi connectivity index (χ2v) is 6.03. The predicted octanol–water partition coefficient (Wildman–Crippen LogP) is 2.81. The van der Waals surface area contributed by atoms with Gasteiger partial charge in [-0.15, -0.1) is 0 Å². The number of rotatable bonds is 4. The molecule has 0 amide bonds. The molecule has 0 aliphatic carbocycles. The van der Waals surface area contributed by atoms with Gasteiger partial charge in [0.2, 0.25) is 0 Å². The van der Waals surface area contributed by atoms with E-state index in [9.17, 15) is 0 Å². The minimum absolute atomic E-state index is 0.555. The van der Waals surface area contributed by atoms with Crippen molar-refractivity contribution in [2.75, 3.05) is 13.2 Å². The van der Waals surface area contributed by atoms with Crippen molar-refractivity contribution in [2.24, 2.45) is 13.0 Å². The zero-order valence-corrected chi connectivity index (χ0v) is 13.0. The first-order valence-corrected chi connectivity index (χ1v) is 7.83. The third-order valence-electron chi connectivity index (χ3n) is 4.00. The van der Waals surface area contributed by atoms with Crippen molar-refractivity contribution in [1.29, 1.82) is 0 Å².